The number of aromatic nitrogens is 3. The molecule has 0 radical (unpaired) electrons. The predicted octanol–water partition coefficient (Wildman–Crippen LogP) is 5.85. The summed E-state index contributed by atoms with van der Waals surface area (Å²) < 4.78 is 6.02. The summed E-state index contributed by atoms with van der Waals surface area (Å²) in [6.45, 7) is 4.93. The van der Waals surface area contributed by atoms with Crippen LogP contribution in [0.1, 0.15) is 25.3 Å². The predicted molar refractivity (Wildman–Crippen MR) is 113 cm³/mol. The molecule has 0 aliphatic rings. The van der Waals surface area contributed by atoms with Crippen molar-refractivity contribution in [3.63, 3.8) is 0 Å². The van der Waals surface area contributed by atoms with Crippen LogP contribution in [0.2, 0.25) is 0 Å². The number of pyridine rings is 1. The molecule has 0 atom stereocenters. The molecule has 4 rings (SSSR count). The van der Waals surface area contributed by atoms with Crippen LogP contribution in [0.4, 0.5) is 0 Å². The van der Waals surface area contributed by atoms with Crippen molar-refractivity contribution >= 4 is 10.9 Å². The van der Waals surface area contributed by atoms with E-state index in [0.29, 0.717) is 12.4 Å². The Kier molecular flexibility index (Phi) is 5.29. The summed E-state index contributed by atoms with van der Waals surface area (Å²) in [5.41, 5.74) is 4.67. The maximum Gasteiger partial charge on any atom is 0.178 e. The monoisotopic (exact) mass is 369 g/mol. The first-order chi connectivity index (χ1) is 13.8. The fourth-order valence-electron chi connectivity index (χ4n) is 3.14. The normalized spacial score (nSPS) is 10.9. The molecule has 0 amide bonds. The molecule has 0 saturated carbocycles. The van der Waals surface area contributed by atoms with Crippen molar-refractivity contribution in [2.75, 3.05) is 6.61 Å². The first-order valence-electron chi connectivity index (χ1n) is 9.68. The van der Waals surface area contributed by atoms with Gasteiger partial charge in [0.15, 0.2) is 5.82 Å². The lowest BCUT2D eigenvalue weighted by Crippen LogP contribution is -2.00. The van der Waals surface area contributed by atoms with Crippen molar-refractivity contribution in [2.24, 2.45) is 0 Å². The SMILES string of the molecule is CCCCOc1ccccc1-c1nc(-c2ncc3ccccc3n2)ccc1C. The van der Waals surface area contributed by atoms with Crippen LogP contribution in [-0.4, -0.2) is 21.6 Å². The molecule has 2 aromatic carbocycles. The molecule has 0 unspecified atom stereocenters. The van der Waals surface area contributed by atoms with Crippen LogP contribution in [-0.2, 0) is 0 Å². The first kappa shape index (κ1) is 18.1. The summed E-state index contributed by atoms with van der Waals surface area (Å²) in [6, 6.07) is 20.1. The van der Waals surface area contributed by atoms with E-state index in [1.165, 1.54) is 0 Å². The average molecular weight is 369 g/mol. The topological polar surface area (TPSA) is 47.9 Å². The summed E-state index contributed by atoms with van der Waals surface area (Å²) in [4.78, 5) is 14.1. The zero-order valence-electron chi connectivity index (χ0n) is 16.2. The lowest BCUT2D eigenvalue weighted by atomic mass is 10.0. The lowest BCUT2D eigenvalue weighted by Gasteiger charge is -2.13. The average Bonchev–Trinajstić information content (AvgIpc) is 2.74. The molecule has 4 heteroatoms. The number of rotatable bonds is 6. The van der Waals surface area contributed by atoms with E-state index in [2.05, 4.69) is 35.9 Å². The number of unbranched alkanes of at least 4 members (excludes halogenated alkanes) is 1. The molecule has 0 aliphatic carbocycles. The van der Waals surface area contributed by atoms with Crippen molar-refractivity contribution in [3.8, 4) is 28.5 Å². The lowest BCUT2D eigenvalue weighted by molar-refractivity contribution is 0.310. The molecule has 140 valence electrons. The molecular formula is C24H23N3O. The molecule has 4 aromatic rings. The van der Waals surface area contributed by atoms with Gasteiger partial charge in [-0.1, -0.05) is 49.7 Å². The Morgan fingerprint density at radius 2 is 1.71 bits per heavy atom. The van der Waals surface area contributed by atoms with Gasteiger partial charge in [0.1, 0.15) is 11.4 Å². The van der Waals surface area contributed by atoms with Gasteiger partial charge in [-0.15, -0.1) is 0 Å². The van der Waals surface area contributed by atoms with Crippen molar-refractivity contribution in [2.45, 2.75) is 26.7 Å². The number of ether oxygens (including phenoxy) is 1. The van der Waals surface area contributed by atoms with Crippen LogP contribution in [0.3, 0.4) is 0 Å². The number of hydrogen-bond donors (Lipinski definition) is 0. The van der Waals surface area contributed by atoms with Crippen molar-refractivity contribution < 1.29 is 4.74 Å². The van der Waals surface area contributed by atoms with E-state index in [-0.39, 0.29) is 0 Å². The molecule has 2 heterocycles. The first-order valence-corrected chi connectivity index (χ1v) is 9.68. The molecule has 2 aromatic heterocycles. The molecule has 0 fully saturated rings. The molecule has 0 bridgehead atoms. The van der Waals surface area contributed by atoms with E-state index in [0.717, 1.165) is 52.0 Å². The minimum atomic E-state index is 0.629. The van der Waals surface area contributed by atoms with Gasteiger partial charge in [0.05, 0.1) is 17.8 Å². The Hall–Kier alpha value is -3.27. The maximum absolute atomic E-state index is 6.02. The number of para-hydroxylation sites is 2. The van der Waals surface area contributed by atoms with Gasteiger partial charge in [-0.05, 0) is 43.2 Å². The van der Waals surface area contributed by atoms with Gasteiger partial charge in [0.2, 0.25) is 0 Å². The number of fused-ring (bicyclic) bond motifs is 1. The summed E-state index contributed by atoms with van der Waals surface area (Å²) in [7, 11) is 0. The number of hydrogen-bond acceptors (Lipinski definition) is 4. The summed E-state index contributed by atoms with van der Waals surface area (Å²) in [5.74, 6) is 1.49. The third kappa shape index (κ3) is 3.72. The Bertz CT molecular complexity index is 1110. The summed E-state index contributed by atoms with van der Waals surface area (Å²) in [5, 5.41) is 1.02. The molecule has 0 saturated heterocycles. The zero-order valence-corrected chi connectivity index (χ0v) is 16.2. The number of benzene rings is 2. The Labute approximate surface area is 165 Å². The van der Waals surface area contributed by atoms with Crippen molar-refractivity contribution in [1.29, 1.82) is 0 Å². The highest BCUT2D eigenvalue weighted by atomic mass is 16.5. The minimum absolute atomic E-state index is 0.629. The smallest absolute Gasteiger partial charge is 0.178 e. The van der Waals surface area contributed by atoms with Crippen LogP contribution < -0.4 is 4.74 Å². The second kappa shape index (κ2) is 8.17. The molecule has 0 N–H and O–H groups in total. The molecule has 0 spiro atoms. The fraction of sp³-hybridized carbons (Fsp3) is 0.208. The largest absolute Gasteiger partial charge is 0.493 e. The van der Waals surface area contributed by atoms with E-state index in [1.54, 1.807) is 0 Å². The van der Waals surface area contributed by atoms with E-state index < -0.39 is 0 Å². The van der Waals surface area contributed by atoms with E-state index >= 15 is 0 Å². The van der Waals surface area contributed by atoms with Crippen LogP contribution in [0.15, 0.2) is 66.9 Å². The Balaban J connectivity index is 1.75. The second-order valence-electron chi connectivity index (χ2n) is 6.81. The standard InChI is InChI=1S/C24H23N3O/c1-3-4-15-28-22-12-8-6-10-19(22)23-17(2)13-14-21(26-23)24-25-16-18-9-5-7-11-20(18)27-24/h5-14,16H,3-4,15H2,1-2H3. The highest BCUT2D eigenvalue weighted by Crippen LogP contribution is 2.32. The number of aryl methyl sites for hydroxylation is 1. The Morgan fingerprint density at radius 1 is 0.893 bits per heavy atom. The van der Waals surface area contributed by atoms with Crippen LogP contribution in [0.25, 0.3) is 33.7 Å². The minimum Gasteiger partial charge on any atom is -0.493 e. The van der Waals surface area contributed by atoms with Crippen LogP contribution in [0.5, 0.6) is 5.75 Å². The molecular weight excluding hydrogens is 346 g/mol. The van der Waals surface area contributed by atoms with Gasteiger partial charge in [0, 0.05) is 17.1 Å². The van der Waals surface area contributed by atoms with E-state index in [1.807, 2.05) is 54.7 Å². The maximum atomic E-state index is 6.02. The number of nitrogens with zero attached hydrogens (tertiary/aromatic N) is 3. The molecule has 0 aliphatic heterocycles. The van der Waals surface area contributed by atoms with Gasteiger partial charge < -0.3 is 4.74 Å². The molecule has 28 heavy (non-hydrogen) atoms. The van der Waals surface area contributed by atoms with E-state index in [9.17, 15) is 0 Å². The fourth-order valence-corrected chi connectivity index (χ4v) is 3.14. The van der Waals surface area contributed by atoms with Gasteiger partial charge in [-0.2, -0.15) is 0 Å². The van der Waals surface area contributed by atoms with Gasteiger partial charge in [-0.3, -0.25) is 0 Å². The van der Waals surface area contributed by atoms with Gasteiger partial charge in [-0.25, -0.2) is 15.0 Å². The van der Waals surface area contributed by atoms with Gasteiger partial charge >= 0.3 is 0 Å². The van der Waals surface area contributed by atoms with Gasteiger partial charge in [0.25, 0.3) is 0 Å². The van der Waals surface area contributed by atoms with Crippen LogP contribution >= 0.6 is 0 Å². The summed E-state index contributed by atoms with van der Waals surface area (Å²) >= 11 is 0. The summed E-state index contributed by atoms with van der Waals surface area (Å²) in [6.07, 6.45) is 3.99. The second-order valence-corrected chi connectivity index (χ2v) is 6.81. The third-order valence-electron chi connectivity index (χ3n) is 4.71. The van der Waals surface area contributed by atoms with Crippen molar-refractivity contribution in [3.05, 3.63) is 72.4 Å². The highest BCUT2D eigenvalue weighted by molar-refractivity contribution is 5.79. The van der Waals surface area contributed by atoms with E-state index in [4.69, 9.17) is 9.72 Å². The third-order valence-corrected chi connectivity index (χ3v) is 4.71. The van der Waals surface area contributed by atoms with Crippen molar-refractivity contribution in [1.82, 2.24) is 15.0 Å². The van der Waals surface area contributed by atoms with Crippen LogP contribution in [0, 0.1) is 6.92 Å². The molecule has 4 nitrogen and oxygen atoms in total. The zero-order chi connectivity index (χ0) is 19.3. The Morgan fingerprint density at radius 3 is 2.61 bits per heavy atom. The highest BCUT2D eigenvalue weighted by Gasteiger charge is 2.13. The quantitative estimate of drug-likeness (QED) is 0.400.